The summed E-state index contributed by atoms with van der Waals surface area (Å²) in [5.74, 6) is -0.337. The second kappa shape index (κ2) is 13.2. The SMILES string of the molecule is CCCC=CCCCCCCCCCC1CC(=O)N(CCO)C1=O. The van der Waals surface area contributed by atoms with Gasteiger partial charge in [-0.15, -0.1) is 0 Å². The van der Waals surface area contributed by atoms with Crippen LogP contribution in [-0.2, 0) is 9.59 Å². The first kappa shape index (κ1) is 20.9. The van der Waals surface area contributed by atoms with Crippen LogP contribution in [0.1, 0.15) is 84.0 Å². The molecule has 0 spiro atoms. The standard InChI is InChI=1S/C20H35NO3/c1-2-3-4-5-6-7-8-9-10-11-12-13-14-18-17-19(23)21(15-16-22)20(18)24/h4-5,18,22H,2-3,6-17H2,1H3. The first-order chi connectivity index (χ1) is 11.7. The number of aliphatic hydroxyl groups excluding tert-OH is 1. The molecule has 1 aliphatic rings. The Labute approximate surface area is 147 Å². The second-order valence-electron chi connectivity index (χ2n) is 6.82. The van der Waals surface area contributed by atoms with E-state index in [4.69, 9.17) is 5.11 Å². The van der Waals surface area contributed by atoms with Gasteiger partial charge in [0, 0.05) is 12.3 Å². The topological polar surface area (TPSA) is 57.6 Å². The van der Waals surface area contributed by atoms with Crippen LogP contribution in [0.15, 0.2) is 12.2 Å². The van der Waals surface area contributed by atoms with E-state index in [0.717, 1.165) is 19.3 Å². The van der Waals surface area contributed by atoms with Gasteiger partial charge in [0.2, 0.25) is 11.8 Å². The Morgan fingerprint density at radius 1 is 1.00 bits per heavy atom. The number of carbonyl (C=O) groups is 2. The van der Waals surface area contributed by atoms with Crippen LogP contribution >= 0.6 is 0 Å². The van der Waals surface area contributed by atoms with Crippen molar-refractivity contribution in [2.75, 3.05) is 13.2 Å². The minimum atomic E-state index is -0.140. The molecule has 1 saturated heterocycles. The smallest absolute Gasteiger partial charge is 0.232 e. The van der Waals surface area contributed by atoms with E-state index in [1.807, 2.05) is 0 Å². The first-order valence-electron chi connectivity index (χ1n) is 9.80. The number of hydrogen-bond donors (Lipinski definition) is 1. The average Bonchev–Trinajstić information content (AvgIpc) is 2.84. The van der Waals surface area contributed by atoms with Crippen molar-refractivity contribution in [3.8, 4) is 0 Å². The number of allylic oxidation sites excluding steroid dienone is 2. The predicted molar refractivity (Wildman–Crippen MR) is 97.5 cm³/mol. The van der Waals surface area contributed by atoms with Gasteiger partial charge in [0.15, 0.2) is 0 Å². The zero-order valence-corrected chi connectivity index (χ0v) is 15.3. The fraction of sp³-hybridized carbons (Fsp3) is 0.800. The van der Waals surface area contributed by atoms with E-state index in [1.54, 1.807) is 0 Å². The Kier molecular flexibility index (Phi) is 11.5. The van der Waals surface area contributed by atoms with Crippen molar-refractivity contribution in [2.45, 2.75) is 84.0 Å². The van der Waals surface area contributed by atoms with Crippen molar-refractivity contribution in [1.82, 2.24) is 4.90 Å². The highest BCUT2D eigenvalue weighted by Crippen LogP contribution is 2.24. The molecule has 1 atom stereocenters. The number of nitrogens with zero attached hydrogens (tertiary/aromatic N) is 1. The molecule has 138 valence electrons. The highest BCUT2D eigenvalue weighted by atomic mass is 16.3. The number of aliphatic hydroxyl groups is 1. The van der Waals surface area contributed by atoms with E-state index in [9.17, 15) is 9.59 Å². The van der Waals surface area contributed by atoms with Crippen molar-refractivity contribution in [1.29, 1.82) is 0 Å². The van der Waals surface area contributed by atoms with E-state index in [0.29, 0.717) is 6.42 Å². The van der Waals surface area contributed by atoms with Crippen molar-refractivity contribution < 1.29 is 14.7 Å². The van der Waals surface area contributed by atoms with Gasteiger partial charge >= 0.3 is 0 Å². The molecule has 4 nitrogen and oxygen atoms in total. The number of β-amino-alcohol motifs (C(OH)–C–C–N with tert-alkyl or cyclic N) is 1. The lowest BCUT2D eigenvalue weighted by Crippen LogP contribution is -2.33. The Balaban J connectivity index is 1.95. The number of unbranched alkanes of at least 4 members (excludes halogenated alkanes) is 8. The number of likely N-dealkylation sites (tertiary alicyclic amines) is 1. The molecule has 1 unspecified atom stereocenters. The summed E-state index contributed by atoms with van der Waals surface area (Å²) in [4.78, 5) is 24.9. The van der Waals surface area contributed by atoms with Crippen LogP contribution in [0.2, 0.25) is 0 Å². The molecular weight excluding hydrogens is 302 g/mol. The molecule has 4 heteroatoms. The van der Waals surface area contributed by atoms with Gasteiger partial charge < -0.3 is 5.11 Å². The molecular formula is C20H35NO3. The summed E-state index contributed by atoms with van der Waals surface area (Å²) in [6.07, 6.45) is 18.0. The molecule has 0 aromatic rings. The highest BCUT2D eigenvalue weighted by Gasteiger charge is 2.37. The molecule has 2 amide bonds. The van der Waals surface area contributed by atoms with Crippen LogP contribution < -0.4 is 0 Å². The predicted octanol–water partition coefficient (Wildman–Crippen LogP) is 4.22. The zero-order chi connectivity index (χ0) is 17.6. The van der Waals surface area contributed by atoms with Gasteiger partial charge in [0.05, 0.1) is 13.2 Å². The van der Waals surface area contributed by atoms with Crippen LogP contribution in [0.25, 0.3) is 0 Å². The van der Waals surface area contributed by atoms with Crippen LogP contribution in [-0.4, -0.2) is 35.0 Å². The quantitative estimate of drug-likeness (QED) is 0.293. The van der Waals surface area contributed by atoms with Gasteiger partial charge in [-0.25, -0.2) is 0 Å². The number of carbonyl (C=O) groups excluding carboxylic acids is 2. The lowest BCUT2D eigenvalue weighted by Gasteiger charge is -2.13. The van der Waals surface area contributed by atoms with Crippen molar-refractivity contribution >= 4 is 11.8 Å². The van der Waals surface area contributed by atoms with E-state index in [2.05, 4.69) is 19.1 Å². The highest BCUT2D eigenvalue weighted by molar-refractivity contribution is 6.03. The van der Waals surface area contributed by atoms with Gasteiger partial charge in [-0.1, -0.05) is 64.0 Å². The summed E-state index contributed by atoms with van der Waals surface area (Å²) < 4.78 is 0. The molecule has 0 bridgehead atoms. The monoisotopic (exact) mass is 337 g/mol. The summed E-state index contributed by atoms with van der Waals surface area (Å²) in [6.45, 7) is 2.22. The summed E-state index contributed by atoms with van der Waals surface area (Å²) in [6, 6.07) is 0. The number of hydrogen-bond acceptors (Lipinski definition) is 3. The third kappa shape index (κ3) is 8.09. The largest absolute Gasteiger partial charge is 0.395 e. The Morgan fingerprint density at radius 3 is 2.29 bits per heavy atom. The van der Waals surface area contributed by atoms with Gasteiger partial charge in [0.25, 0.3) is 0 Å². The van der Waals surface area contributed by atoms with Crippen LogP contribution in [0.4, 0.5) is 0 Å². The van der Waals surface area contributed by atoms with E-state index < -0.39 is 0 Å². The zero-order valence-electron chi connectivity index (χ0n) is 15.3. The Morgan fingerprint density at radius 2 is 1.62 bits per heavy atom. The summed E-state index contributed by atoms with van der Waals surface area (Å²) in [5, 5.41) is 8.89. The molecule has 0 saturated carbocycles. The molecule has 1 aliphatic heterocycles. The van der Waals surface area contributed by atoms with Gasteiger partial charge in [-0.05, 0) is 25.7 Å². The van der Waals surface area contributed by atoms with Crippen LogP contribution in [0, 0.1) is 5.92 Å². The lowest BCUT2D eigenvalue weighted by atomic mass is 9.98. The maximum Gasteiger partial charge on any atom is 0.232 e. The van der Waals surface area contributed by atoms with Gasteiger partial charge in [0.1, 0.15) is 0 Å². The maximum absolute atomic E-state index is 12.0. The van der Waals surface area contributed by atoms with Crippen LogP contribution in [0.5, 0.6) is 0 Å². The summed E-state index contributed by atoms with van der Waals surface area (Å²) in [5.41, 5.74) is 0. The molecule has 1 heterocycles. The normalized spacial score (nSPS) is 18.2. The summed E-state index contributed by atoms with van der Waals surface area (Å²) >= 11 is 0. The lowest BCUT2D eigenvalue weighted by molar-refractivity contribution is -0.139. The molecule has 24 heavy (non-hydrogen) atoms. The minimum absolute atomic E-state index is 0.0785. The van der Waals surface area contributed by atoms with Crippen molar-refractivity contribution in [3.63, 3.8) is 0 Å². The fourth-order valence-corrected chi connectivity index (χ4v) is 3.25. The van der Waals surface area contributed by atoms with Gasteiger partial charge in [-0.3, -0.25) is 14.5 Å². The van der Waals surface area contributed by atoms with Crippen molar-refractivity contribution in [2.24, 2.45) is 5.92 Å². The second-order valence-corrected chi connectivity index (χ2v) is 6.82. The van der Waals surface area contributed by atoms with Crippen molar-refractivity contribution in [3.05, 3.63) is 12.2 Å². The molecule has 0 radical (unpaired) electrons. The Hall–Kier alpha value is -1.16. The molecule has 1 fully saturated rings. The number of amides is 2. The van der Waals surface area contributed by atoms with Crippen LogP contribution in [0.3, 0.4) is 0 Å². The molecule has 1 N–H and O–H groups in total. The average molecular weight is 338 g/mol. The molecule has 1 rings (SSSR count). The van der Waals surface area contributed by atoms with E-state index in [-0.39, 0.29) is 30.9 Å². The van der Waals surface area contributed by atoms with E-state index >= 15 is 0 Å². The van der Waals surface area contributed by atoms with E-state index in [1.165, 1.54) is 56.3 Å². The van der Waals surface area contributed by atoms with Gasteiger partial charge in [-0.2, -0.15) is 0 Å². The third-order valence-corrected chi connectivity index (χ3v) is 4.71. The molecule has 0 aromatic heterocycles. The molecule has 0 aliphatic carbocycles. The third-order valence-electron chi connectivity index (χ3n) is 4.71. The number of imide groups is 1. The fourth-order valence-electron chi connectivity index (χ4n) is 3.25. The maximum atomic E-state index is 12.0. The number of rotatable bonds is 14. The summed E-state index contributed by atoms with van der Waals surface area (Å²) in [7, 11) is 0. The first-order valence-corrected chi connectivity index (χ1v) is 9.80. The minimum Gasteiger partial charge on any atom is -0.395 e. The Bertz CT molecular complexity index is 392. The molecule has 0 aromatic carbocycles.